The zero-order valence-electron chi connectivity index (χ0n) is 15.3. The third-order valence-corrected chi connectivity index (χ3v) is 6.03. The SMILES string of the molecule is CC(CC(=O)NCC1(c2ccc(Br)cc2)CCOCC1)C(C)(C)C. The normalized spacial score (nSPS) is 18.9. The molecule has 4 heteroatoms. The van der Waals surface area contributed by atoms with Crippen LogP contribution >= 0.6 is 15.9 Å². The summed E-state index contributed by atoms with van der Waals surface area (Å²) < 4.78 is 6.64. The van der Waals surface area contributed by atoms with Gasteiger partial charge in [0.15, 0.2) is 0 Å². The molecule has 1 saturated heterocycles. The van der Waals surface area contributed by atoms with Gasteiger partial charge in [-0.05, 0) is 41.9 Å². The summed E-state index contributed by atoms with van der Waals surface area (Å²) in [6.07, 6.45) is 2.48. The van der Waals surface area contributed by atoms with E-state index >= 15 is 0 Å². The molecule has 1 aliphatic heterocycles. The quantitative estimate of drug-likeness (QED) is 0.785. The summed E-state index contributed by atoms with van der Waals surface area (Å²) in [6.45, 7) is 10.9. The van der Waals surface area contributed by atoms with Gasteiger partial charge in [0.05, 0.1) is 0 Å². The number of rotatable bonds is 5. The van der Waals surface area contributed by atoms with E-state index in [9.17, 15) is 4.79 Å². The van der Waals surface area contributed by atoms with Crippen molar-refractivity contribution in [2.45, 2.75) is 52.4 Å². The Balaban J connectivity index is 2.04. The molecule has 1 aromatic carbocycles. The zero-order chi connectivity index (χ0) is 17.8. The molecule has 24 heavy (non-hydrogen) atoms. The van der Waals surface area contributed by atoms with Gasteiger partial charge < -0.3 is 10.1 Å². The average Bonchev–Trinajstić information content (AvgIpc) is 2.53. The third kappa shape index (κ3) is 5.06. The molecule has 1 aliphatic rings. The van der Waals surface area contributed by atoms with Crippen molar-refractivity contribution in [3.05, 3.63) is 34.3 Å². The summed E-state index contributed by atoms with van der Waals surface area (Å²) in [5, 5.41) is 3.20. The Morgan fingerprint density at radius 1 is 1.25 bits per heavy atom. The van der Waals surface area contributed by atoms with Crippen molar-refractivity contribution in [2.75, 3.05) is 19.8 Å². The molecule has 1 aromatic rings. The molecular weight excluding hydrogens is 366 g/mol. The van der Waals surface area contributed by atoms with Gasteiger partial charge in [0, 0.05) is 36.1 Å². The summed E-state index contributed by atoms with van der Waals surface area (Å²) in [5.74, 6) is 0.510. The fourth-order valence-electron chi connectivity index (χ4n) is 3.06. The van der Waals surface area contributed by atoms with Crippen LogP contribution in [-0.2, 0) is 14.9 Å². The number of hydrogen-bond acceptors (Lipinski definition) is 2. The van der Waals surface area contributed by atoms with E-state index in [0.29, 0.717) is 18.9 Å². The van der Waals surface area contributed by atoms with Crippen LogP contribution in [0.15, 0.2) is 28.7 Å². The van der Waals surface area contributed by atoms with Gasteiger partial charge in [0.1, 0.15) is 0 Å². The molecule has 2 rings (SSSR count). The first-order valence-corrected chi connectivity index (χ1v) is 9.63. The van der Waals surface area contributed by atoms with Crippen LogP contribution in [0.25, 0.3) is 0 Å². The predicted octanol–water partition coefficient (Wildman–Crippen LogP) is 4.69. The zero-order valence-corrected chi connectivity index (χ0v) is 16.9. The predicted molar refractivity (Wildman–Crippen MR) is 102 cm³/mol. The lowest BCUT2D eigenvalue weighted by molar-refractivity contribution is -0.123. The Labute approximate surface area is 154 Å². The van der Waals surface area contributed by atoms with Crippen LogP contribution in [0.3, 0.4) is 0 Å². The lowest BCUT2D eigenvalue weighted by atomic mass is 9.74. The van der Waals surface area contributed by atoms with Crippen LogP contribution in [-0.4, -0.2) is 25.7 Å². The van der Waals surface area contributed by atoms with E-state index in [-0.39, 0.29) is 16.7 Å². The van der Waals surface area contributed by atoms with Gasteiger partial charge in [-0.2, -0.15) is 0 Å². The first-order valence-electron chi connectivity index (χ1n) is 8.83. The molecule has 1 atom stereocenters. The molecule has 1 amide bonds. The smallest absolute Gasteiger partial charge is 0.220 e. The van der Waals surface area contributed by atoms with Gasteiger partial charge in [-0.25, -0.2) is 0 Å². The lowest BCUT2D eigenvalue weighted by Gasteiger charge is -2.38. The van der Waals surface area contributed by atoms with Gasteiger partial charge in [0.2, 0.25) is 5.91 Å². The topological polar surface area (TPSA) is 38.3 Å². The van der Waals surface area contributed by atoms with Crippen molar-refractivity contribution in [3.8, 4) is 0 Å². The Kier molecular flexibility index (Phi) is 6.49. The maximum Gasteiger partial charge on any atom is 0.220 e. The van der Waals surface area contributed by atoms with Gasteiger partial charge >= 0.3 is 0 Å². The molecule has 1 N–H and O–H groups in total. The first-order chi connectivity index (χ1) is 11.2. The van der Waals surface area contributed by atoms with Gasteiger partial charge in [-0.15, -0.1) is 0 Å². The molecule has 0 radical (unpaired) electrons. The van der Waals surface area contributed by atoms with E-state index in [1.54, 1.807) is 0 Å². The molecule has 1 fully saturated rings. The van der Waals surface area contributed by atoms with Crippen LogP contribution in [0.2, 0.25) is 0 Å². The number of carbonyl (C=O) groups is 1. The molecule has 1 heterocycles. The van der Waals surface area contributed by atoms with Crippen molar-refractivity contribution in [1.29, 1.82) is 0 Å². The number of hydrogen-bond donors (Lipinski definition) is 1. The van der Waals surface area contributed by atoms with Crippen molar-refractivity contribution in [3.63, 3.8) is 0 Å². The monoisotopic (exact) mass is 395 g/mol. The highest BCUT2D eigenvalue weighted by Crippen LogP contribution is 2.35. The van der Waals surface area contributed by atoms with Gasteiger partial charge in [-0.1, -0.05) is 55.8 Å². The van der Waals surface area contributed by atoms with Gasteiger partial charge in [-0.3, -0.25) is 4.79 Å². The van der Waals surface area contributed by atoms with E-state index in [1.807, 2.05) is 0 Å². The van der Waals surface area contributed by atoms with E-state index < -0.39 is 0 Å². The Morgan fingerprint density at radius 2 is 1.83 bits per heavy atom. The largest absolute Gasteiger partial charge is 0.381 e. The molecule has 134 valence electrons. The Bertz CT molecular complexity index is 542. The number of nitrogens with one attached hydrogen (secondary N) is 1. The number of amides is 1. The standard InChI is InChI=1S/C20H30BrNO2/c1-15(19(2,3)4)13-18(23)22-14-20(9-11-24-12-10-20)16-5-7-17(21)8-6-16/h5-8,15H,9-14H2,1-4H3,(H,22,23). The summed E-state index contributed by atoms with van der Waals surface area (Å²) in [4.78, 5) is 12.4. The highest BCUT2D eigenvalue weighted by molar-refractivity contribution is 9.10. The first kappa shape index (κ1) is 19.5. The van der Waals surface area contributed by atoms with E-state index in [0.717, 1.165) is 30.5 Å². The number of benzene rings is 1. The molecule has 0 spiro atoms. The van der Waals surface area contributed by atoms with Crippen LogP contribution < -0.4 is 5.32 Å². The van der Waals surface area contributed by atoms with E-state index in [1.165, 1.54) is 5.56 Å². The van der Waals surface area contributed by atoms with Crippen LogP contribution in [0.1, 0.15) is 52.5 Å². The van der Waals surface area contributed by atoms with Crippen LogP contribution in [0.4, 0.5) is 0 Å². The molecule has 0 aliphatic carbocycles. The minimum absolute atomic E-state index is 0.0143. The Hall–Kier alpha value is -0.870. The number of halogens is 1. The molecule has 1 unspecified atom stereocenters. The van der Waals surface area contributed by atoms with E-state index in [4.69, 9.17) is 4.74 Å². The summed E-state index contributed by atoms with van der Waals surface area (Å²) in [7, 11) is 0. The third-order valence-electron chi connectivity index (χ3n) is 5.50. The van der Waals surface area contributed by atoms with Crippen molar-refractivity contribution >= 4 is 21.8 Å². The fraction of sp³-hybridized carbons (Fsp3) is 0.650. The molecule has 0 saturated carbocycles. The van der Waals surface area contributed by atoms with Crippen molar-refractivity contribution in [1.82, 2.24) is 5.32 Å². The summed E-state index contributed by atoms with van der Waals surface area (Å²) in [6, 6.07) is 8.49. The number of ether oxygens (including phenoxy) is 1. The average molecular weight is 396 g/mol. The number of carbonyl (C=O) groups excluding carboxylic acids is 1. The highest BCUT2D eigenvalue weighted by atomic mass is 79.9. The second kappa shape index (κ2) is 8.01. The van der Waals surface area contributed by atoms with Crippen LogP contribution in [0, 0.1) is 11.3 Å². The lowest BCUT2D eigenvalue weighted by Crippen LogP contribution is -2.45. The maximum absolute atomic E-state index is 12.4. The summed E-state index contributed by atoms with van der Waals surface area (Å²) >= 11 is 3.50. The summed E-state index contributed by atoms with van der Waals surface area (Å²) in [5.41, 5.74) is 1.43. The minimum Gasteiger partial charge on any atom is -0.381 e. The molecular formula is C20H30BrNO2. The molecule has 3 nitrogen and oxygen atoms in total. The fourth-order valence-corrected chi connectivity index (χ4v) is 3.32. The minimum atomic E-state index is -0.0143. The second-order valence-electron chi connectivity index (χ2n) is 8.15. The Morgan fingerprint density at radius 3 is 2.38 bits per heavy atom. The van der Waals surface area contributed by atoms with Crippen LogP contribution in [0.5, 0.6) is 0 Å². The van der Waals surface area contributed by atoms with Crippen molar-refractivity contribution in [2.24, 2.45) is 11.3 Å². The second-order valence-corrected chi connectivity index (χ2v) is 9.06. The maximum atomic E-state index is 12.4. The molecule has 0 bridgehead atoms. The highest BCUT2D eigenvalue weighted by Gasteiger charge is 2.35. The molecule has 0 aromatic heterocycles. The van der Waals surface area contributed by atoms with Crippen molar-refractivity contribution < 1.29 is 9.53 Å². The van der Waals surface area contributed by atoms with E-state index in [2.05, 4.69) is 73.2 Å². The van der Waals surface area contributed by atoms with Gasteiger partial charge in [0.25, 0.3) is 0 Å².